The lowest BCUT2D eigenvalue weighted by molar-refractivity contribution is 0.0950. The smallest absolute Gasteiger partial charge is 0.255 e. The predicted octanol–water partition coefficient (Wildman–Crippen LogP) is 3.08. The summed E-state index contributed by atoms with van der Waals surface area (Å²) in [7, 11) is 2.00. The number of H-pyrrole nitrogens is 1. The monoisotopic (exact) mass is 352 g/mol. The van der Waals surface area contributed by atoms with Crippen LogP contribution in [0.15, 0.2) is 60.8 Å². The van der Waals surface area contributed by atoms with E-state index in [4.69, 9.17) is 0 Å². The van der Waals surface area contributed by atoms with Gasteiger partial charge in [-0.1, -0.05) is 42.5 Å². The number of nitrogens with zero attached hydrogens (tertiary/aromatic N) is 2. The molecule has 2 N–H and O–H groups in total. The average molecular weight is 352 g/mol. The van der Waals surface area contributed by atoms with Gasteiger partial charge in [0.25, 0.3) is 5.91 Å². The number of aromatic amines is 1. The van der Waals surface area contributed by atoms with Gasteiger partial charge in [0.1, 0.15) is 5.82 Å². The van der Waals surface area contributed by atoms with E-state index in [1.165, 1.54) is 17.8 Å². The van der Waals surface area contributed by atoms with Crippen LogP contribution >= 0.6 is 0 Å². The summed E-state index contributed by atoms with van der Waals surface area (Å²) >= 11 is 0. The fourth-order valence-electron chi connectivity index (χ4n) is 2.76. The highest BCUT2D eigenvalue weighted by atomic mass is 19.1. The molecule has 0 spiro atoms. The van der Waals surface area contributed by atoms with Gasteiger partial charge in [0.2, 0.25) is 0 Å². The van der Waals surface area contributed by atoms with Gasteiger partial charge in [-0.25, -0.2) is 4.39 Å². The molecule has 0 bridgehead atoms. The number of likely N-dealkylation sites (N-methyl/N-ethyl adjacent to an activating group) is 1. The maximum Gasteiger partial charge on any atom is 0.255 e. The van der Waals surface area contributed by atoms with Crippen LogP contribution in [0.2, 0.25) is 0 Å². The topological polar surface area (TPSA) is 61.0 Å². The largest absolute Gasteiger partial charge is 0.351 e. The Kier molecular flexibility index (Phi) is 5.76. The minimum absolute atomic E-state index is 0.273. The lowest BCUT2D eigenvalue weighted by Crippen LogP contribution is -2.32. The number of carbonyl (C=O) groups excluding carboxylic acids is 1. The van der Waals surface area contributed by atoms with Gasteiger partial charge < -0.3 is 10.2 Å². The van der Waals surface area contributed by atoms with E-state index in [0.29, 0.717) is 29.9 Å². The summed E-state index contributed by atoms with van der Waals surface area (Å²) in [6.07, 6.45) is 1.42. The summed E-state index contributed by atoms with van der Waals surface area (Å²) in [5, 5.41) is 9.48. The number of amides is 1. The third-order valence-corrected chi connectivity index (χ3v) is 4.10. The maximum atomic E-state index is 14.0. The lowest BCUT2D eigenvalue weighted by atomic mass is 10.1. The molecule has 0 saturated heterocycles. The first-order valence-electron chi connectivity index (χ1n) is 8.44. The molecule has 1 aromatic heterocycles. The predicted molar refractivity (Wildman–Crippen MR) is 99.1 cm³/mol. The molecule has 3 rings (SSSR count). The molecule has 0 saturated carbocycles. The van der Waals surface area contributed by atoms with Gasteiger partial charge in [-0.15, -0.1) is 0 Å². The minimum atomic E-state index is -0.395. The molecule has 134 valence electrons. The summed E-state index contributed by atoms with van der Waals surface area (Å²) < 4.78 is 14.0. The van der Waals surface area contributed by atoms with E-state index in [2.05, 4.69) is 32.5 Å². The first kappa shape index (κ1) is 17.8. The Balaban J connectivity index is 1.56. The third-order valence-electron chi connectivity index (χ3n) is 4.10. The van der Waals surface area contributed by atoms with E-state index in [-0.39, 0.29) is 5.91 Å². The van der Waals surface area contributed by atoms with Crippen molar-refractivity contribution in [1.82, 2.24) is 20.4 Å². The highest BCUT2D eigenvalue weighted by molar-refractivity contribution is 5.99. The molecule has 1 amide bonds. The van der Waals surface area contributed by atoms with Gasteiger partial charge in [-0.3, -0.25) is 9.89 Å². The molecule has 1 heterocycles. The second-order valence-electron chi connectivity index (χ2n) is 6.12. The number of aromatic nitrogens is 2. The number of hydrogen-bond donors (Lipinski definition) is 2. The van der Waals surface area contributed by atoms with Gasteiger partial charge >= 0.3 is 0 Å². The van der Waals surface area contributed by atoms with Crippen molar-refractivity contribution >= 4 is 5.91 Å². The molecule has 26 heavy (non-hydrogen) atoms. The second kappa shape index (κ2) is 8.40. The number of benzene rings is 2. The SMILES string of the molecule is CN(CCNC(=O)c1cn[nH]c1-c1ccccc1F)Cc1ccccc1. The van der Waals surface area contributed by atoms with Crippen LogP contribution in [-0.2, 0) is 6.54 Å². The van der Waals surface area contributed by atoms with E-state index < -0.39 is 5.82 Å². The van der Waals surface area contributed by atoms with E-state index in [1.807, 2.05) is 25.2 Å². The fraction of sp³-hybridized carbons (Fsp3) is 0.200. The van der Waals surface area contributed by atoms with Crippen molar-refractivity contribution in [3.05, 3.63) is 77.7 Å². The normalized spacial score (nSPS) is 10.9. The zero-order valence-electron chi connectivity index (χ0n) is 14.6. The molecule has 0 aliphatic carbocycles. The summed E-state index contributed by atoms with van der Waals surface area (Å²) in [5.74, 6) is -0.668. The molecule has 0 fully saturated rings. The van der Waals surface area contributed by atoms with Crippen LogP contribution in [0.25, 0.3) is 11.3 Å². The van der Waals surface area contributed by atoms with Crippen molar-refractivity contribution in [3.8, 4) is 11.3 Å². The quantitative estimate of drug-likeness (QED) is 0.687. The van der Waals surface area contributed by atoms with Gasteiger partial charge in [-0.05, 0) is 24.7 Å². The molecular formula is C20H21FN4O. The van der Waals surface area contributed by atoms with Crippen LogP contribution in [0.4, 0.5) is 4.39 Å². The fourth-order valence-corrected chi connectivity index (χ4v) is 2.76. The Bertz CT molecular complexity index is 863. The number of rotatable bonds is 7. The van der Waals surface area contributed by atoms with Crippen LogP contribution in [-0.4, -0.2) is 41.1 Å². The number of hydrogen-bond acceptors (Lipinski definition) is 3. The van der Waals surface area contributed by atoms with Crippen molar-refractivity contribution in [3.63, 3.8) is 0 Å². The van der Waals surface area contributed by atoms with E-state index in [1.54, 1.807) is 18.2 Å². The molecular weight excluding hydrogens is 331 g/mol. The van der Waals surface area contributed by atoms with E-state index >= 15 is 0 Å². The highest BCUT2D eigenvalue weighted by Crippen LogP contribution is 2.23. The Morgan fingerprint density at radius 3 is 2.65 bits per heavy atom. The van der Waals surface area contributed by atoms with Crippen LogP contribution < -0.4 is 5.32 Å². The summed E-state index contributed by atoms with van der Waals surface area (Å²) in [6, 6.07) is 16.5. The molecule has 2 aromatic carbocycles. The average Bonchev–Trinajstić information content (AvgIpc) is 3.12. The van der Waals surface area contributed by atoms with Crippen LogP contribution in [0.1, 0.15) is 15.9 Å². The van der Waals surface area contributed by atoms with Crippen molar-refractivity contribution in [1.29, 1.82) is 0 Å². The lowest BCUT2D eigenvalue weighted by Gasteiger charge is -2.17. The van der Waals surface area contributed by atoms with Gasteiger partial charge in [0, 0.05) is 25.2 Å². The van der Waals surface area contributed by atoms with Gasteiger partial charge in [0.15, 0.2) is 0 Å². The molecule has 0 unspecified atom stereocenters. The standard InChI is InChI=1S/C20H21FN4O/c1-25(14-15-7-3-2-4-8-15)12-11-22-20(26)17-13-23-24-19(17)16-9-5-6-10-18(16)21/h2-10,13H,11-12,14H2,1H3,(H,22,26)(H,23,24). The molecule has 0 radical (unpaired) electrons. The van der Waals surface area contributed by atoms with Crippen molar-refractivity contribution in [2.24, 2.45) is 0 Å². The third kappa shape index (κ3) is 4.34. The Morgan fingerprint density at radius 1 is 1.15 bits per heavy atom. The number of halogens is 1. The Morgan fingerprint density at radius 2 is 1.88 bits per heavy atom. The van der Waals surface area contributed by atoms with Gasteiger partial charge in [-0.2, -0.15) is 5.10 Å². The zero-order valence-corrected chi connectivity index (χ0v) is 14.6. The highest BCUT2D eigenvalue weighted by Gasteiger charge is 2.17. The molecule has 3 aromatic rings. The zero-order chi connectivity index (χ0) is 18.4. The first-order valence-corrected chi connectivity index (χ1v) is 8.44. The van der Waals surface area contributed by atoms with E-state index in [0.717, 1.165) is 6.54 Å². The van der Waals surface area contributed by atoms with Crippen LogP contribution in [0.3, 0.4) is 0 Å². The number of carbonyl (C=O) groups is 1. The van der Waals surface area contributed by atoms with Crippen LogP contribution in [0, 0.1) is 5.82 Å². The molecule has 0 aliphatic rings. The van der Waals surface area contributed by atoms with Crippen LogP contribution in [0.5, 0.6) is 0 Å². The van der Waals surface area contributed by atoms with Gasteiger partial charge in [0.05, 0.1) is 17.5 Å². The summed E-state index contributed by atoms with van der Waals surface area (Å²) in [4.78, 5) is 14.6. The molecule has 0 atom stereocenters. The number of nitrogens with one attached hydrogen (secondary N) is 2. The minimum Gasteiger partial charge on any atom is -0.351 e. The molecule has 0 aliphatic heterocycles. The second-order valence-corrected chi connectivity index (χ2v) is 6.12. The van der Waals surface area contributed by atoms with Crippen molar-refractivity contribution in [2.45, 2.75) is 6.54 Å². The Hall–Kier alpha value is -2.99. The van der Waals surface area contributed by atoms with E-state index in [9.17, 15) is 9.18 Å². The molecule has 6 heteroatoms. The molecule has 5 nitrogen and oxygen atoms in total. The maximum absolute atomic E-state index is 14.0. The summed E-state index contributed by atoms with van der Waals surface area (Å²) in [5.41, 5.74) is 2.27. The Labute approximate surface area is 151 Å². The summed E-state index contributed by atoms with van der Waals surface area (Å²) in [6.45, 7) is 2.00. The van der Waals surface area contributed by atoms with Crippen molar-refractivity contribution in [2.75, 3.05) is 20.1 Å². The first-order chi connectivity index (χ1) is 12.6. The van der Waals surface area contributed by atoms with Crippen molar-refractivity contribution < 1.29 is 9.18 Å².